The molecule has 0 aromatic heterocycles. The van der Waals surface area contributed by atoms with E-state index in [1.54, 1.807) is 7.11 Å². The molecule has 2 rings (SSSR count). The normalized spacial score (nSPS) is 24.6. The number of methoxy groups -OCH3 is 1. The van der Waals surface area contributed by atoms with Crippen molar-refractivity contribution in [3.05, 3.63) is 29.3 Å². The van der Waals surface area contributed by atoms with Crippen LogP contribution in [0.1, 0.15) is 17.5 Å². The van der Waals surface area contributed by atoms with Crippen molar-refractivity contribution in [1.29, 1.82) is 0 Å². The van der Waals surface area contributed by atoms with Gasteiger partial charge >= 0.3 is 0 Å². The first-order valence-electron chi connectivity index (χ1n) is 6.23. The number of aliphatic hydroxyl groups excluding tert-OH is 1. The second kappa shape index (κ2) is 5.52. The van der Waals surface area contributed by atoms with Crippen molar-refractivity contribution in [2.75, 3.05) is 20.2 Å². The van der Waals surface area contributed by atoms with Gasteiger partial charge in [0.1, 0.15) is 5.75 Å². The van der Waals surface area contributed by atoms with E-state index in [0.29, 0.717) is 5.92 Å². The summed E-state index contributed by atoms with van der Waals surface area (Å²) >= 11 is 0. The Balaban J connectivity index is 2.05. The van der Waals surface area contributed by atoms with Gasteiger partial charge in [0.2, 0.25) is 0 Å². The van der Waals surface area contributed by atoms with Crippen LogP contribution in [0.2, 0.25) is 0 Å². The minimum atomic E-state index is -0.168. The summed E-state index contributed by atoms with van der Waals surface area (Å²) < 4.78 is 5.25. The maximum atomic E-state index is 9.94. The lowest BCUT2D eigenvalue weighted by molar-refractivity contribution is 0.0791. The summed E-state index contributed by atoms with van der Waals surface area (Å²) in [6, 6.07) is 6.25. The first-order chi connectivity index (χ1) is 8.20. The zero-order valence-corrected chi connectivity index (χ0v) is 10.6. The van der Waals surface area contributed by atoms with Crippen LogP contribution in [0, 0.1) is 12.8 Å². The van der Waals surface area contributed by atoms with Crippen molar-refractivity contribution in [2.45, 2.75) is 25.9 Å². The van der Waals surface area contributed by atoms with Gasteiger partial charge < -0.3 is 15.2 Å². The van der Waals surface area contributed by atoms with Gasteiger partial charge in [0.15, 0.2) is 0 Å². The fourth-order valence-electron chi connectivity index (χ4n) is 2.49. The fraction of sp³-hybridized carbons (Fsp3) is 0.571. The van der Waals surface area contributed by atoms with E-state index < -0.39 is 0 Å². The van der Waals surface area contributed by atoms with Gasteiger partial charge in [-0.2, -0.15) is 0 Å². The highest BCUT2D eigenvalue weighted by molar-refractivity contribution is 5.36. The number of aliphatic hydroxyl groups is 1. The fourth-order valence-corrected chi connectivity index (χ4v) is 2.49. The van der Waals surface area contributed by atoms with E-state index in [1.807, 2.05) is 6.07 Å². The molecule has 0 spiro atoms. The highest BCUT2D eigenvalue weighted by Crippen LogP contribution is 2.22. The van der Waals surface area contributed by atoms with Crippen molar-refractivity contribution in [2.24, 2.45) is 5.92 Å². The lowest BCUT2D eigenvalue weighted by atomic mass is 9.89. The van der Waals surface area contributed by atoms with Gasteiger partial charge in [0, 0.05) is 12.5 Å². The maximum absolute atomic E-state index is 9.94. The number of benzene rings is 1. The van der Waals surface area contributed by atoms with E-state index in [2.05, 4.69) is 24.4 Å². The average molecular weight is 235 g/mol. The van der Waals surface area contributed by atoms with Crippen LogP contribution in [0.3, 0.4) is 0 Å². The molecule has 1 aliphatic rings. The maximum Gasteiger partial charge on any atom is 0.121 e. The van der Waals surface area contributed by atoms with Gasteiger partial charge in [-0.25, -0.2) is 0 Å². The van der Waals surface area contributed by atoms with Crippen molar-refractivity contribution in [3.63, 3.8) is 0 Å². The molecular weight excluding hydrogens is 214 g/mol. The van der Waals surface area contributed by atoms with Crippen LogP contribution >= 0.6 is 0 Å². The summed E-state index contributed by atoms with van der Waals surface area (Å²) in [5.41, 5.74) is 2.43. The number of nitrogens with one attached hydrogen (secondary N) is 1. The molecule has 1 aromatic rings. The molecule has 0 radical (unpaired) electrons. The van der Waals surface area contributed by atoms with Crippen molar-refractivity contribution >= 4 is 0 Å². The summed E-state index contributed by atoms with van der Waals surface area (Å²) in [5.74, 6) is 1.26. The summed E-state index contributed by atoms with van der Waals surface area (Å²) in [6.07, 6.45) is 1.62. The van der Waals surface area contributed by atoms with Gasteiger partial charge in [-0.05, 0) is 43.5 Å². The molecule has 1 aromatic carbocycles. The minimum absolute atomic E-state index is 0.168. The molecule has 94 valence electrons. The number of piperidine rings is 1. The number of rotatable bonds is 3. The lowest BCUT2D eigenvalue weighted by Gasteiger charge is -2.28. The largest absolute Gasteiger partial charge is 0.496 e. The van der Waals surface area contributed by atoms with Crippen LogP contribution in [-0.4, -0.2) is 31.4 Å². The Hall–Kier alpha value is -1.06. The molecule has 1 aliphatic heterocycles. The van der Waals surface area contributed by atoms with Gasteiger partial charge in [-0.15, -0.1) is 0 Å². The van der Waals surface area contributed by atoms with Crippen LogP contribution in [0.4, 0.5) is 0 Å². The third kappa shape index (κ3) is 2.99. The molecule has 0 amide bonds. The second-order valence-electron chi connectivity index (χ2n) is 4.83. The Morgan fingerprint density at radius 2 is 2.29 bits per heavy atom. The van der Waals surface area contributed by atoms with Crippen molar-refractivity contribution < 1.29 is 9.84 Å². The van der Waals surface area contributed by atoms with Gasteiger partial charge in [-0.1, -0.05) is 12.1 Å². The smallest absolute Gasteiger partial charge is 0.121 e. The Morgan fingerprint density at radius 1 is 1.47 bits per heavy atom. The molecule has 2 unspecified atom stereocenters. The van der Waals surface area contributed by atoms with E-state index >= 15 is 0 Å². The summed E-state index contributed by atoms with van der Waals surface area (Å²) in [5, 5.41) is 13.3. The molecule has 3 nitrogen and oxygen atoms in total. The molecular formula is C14H21NO2. The predicted octanol–water partition coefficient (Wildman–Crippen LogP) is 1.52. The summed E-state index contributed by atoms with van der Waals surface area (Å²) in [6.45, 7) is 3.89. The zero-order valence-electron chi connectivity index (χ0n) is 10.6. The molecule has 0 bridgehead atoms. The van der Waals surface area contributed by atoms with E-state index in [4.69, 9.17) is 4.74 Å². The van der Waals surface area contributed by atoms with E-state index in [9.17, 15) is 5.11 Å². The molecule has 17 heavy (non-hydrogen) atoms. The number of hydrogen-bond acceptors (Lipinski definition) is 3. The van der Waals surface area contributed by atoms with Gasteiger partial charge in [0.05, 0.1) is 13.2 Å². The van der Waals surface area contributed by atoms with Crippen LogP contribution < -0.4 is 10.1 Å². The molecule has 1 saturated heterocycles. The van der Waals surface area contributed by atoms with Crippen LogP contribution in [-0.2, 0) is 6.42 Å². The molecule has 3 heteroatoms. The number of hydrogen-bond donors (Lipinski definition) is 2. The van der Waals surface area contributed by atoms with Crippen LogP contribution in [0.15, 0.2) is 18.2 Å². The van der Waals surface area contributed by atoms with Gasteiger partial charge in [0.25, 0.3) is 0 Å². The zero-order chi connectivity index (χ0) is 12.3. The molecule has 2 atom stereocenters. The molecule has 0 saturated carbocycles. The Bertz CT molecular complexity index is 378. The molecule has 0 aliphatic carbocycles. The highest BCUT2D eigenvalue weighted by atomic mass is 16.5. The van der Waals surface area contributed by atoms with E-state index in [1.165, 1.54) is 5.56 Å². The van der Waals surface area contributed by atoms with Crippen molar-refractivity contribution in [1.82, 2.24) is 5.32 Å². The first-order valence-corrected chi connectivity index (χ1v) is 6.23. The molecule has 2 N–H and O–H groups in total. The lowest BCUT2D eigenvalue weighted by Crippen LogP contribution is -2.40. The Labute approximate surface area is 103 Å². The number of ether oxygens (including phenoxy) is 1. The SMILES string of the molecule is COc1ccc(CC2CNCCC2O)cc1C. The minimum Gasteiger partial charge on any atom is -0.496 e. The van der Waals surface area contributed by atoms with E-state index in [0.717, 1.165) is 37.2 Å². The van der Waals surface area contributed by atoms with E-state index in [-0.39, 0.29) is 6.10 Å². The molecule has 1 fully saturated rings. The Kier molecular flexibility index (Phi) is 4.02. The third-order valence-electron chi connectivity index (χ3n) is 3.52. The first kappa shape index (κ1) is 12.4. The Morgan fingerprint density at radius 3 is 2.94 bits per heavy atom. The standard InChI is InChI=1S/C14H21NO2/c1-10-7-11(3-4-14(10)17-2)8-12-9-15-6-5-13(12)16/h3-4,7,12-13,15-16H,5-6,8-9H2,1-2H3. The summed E-state index contributed by atoms with van der Waals surface area (Å²) in [4.78, 5) is 0. The second-order valence-corrected chi connectivity index (χ2v) is 4.83. The van der Waals surface area contributed by atoms with Crippen molar-refractivity contribution in [3.8, 4) is 5.75 Å². The van der Waals surface area contributed by atoms with Crippen LogP contribution in [0.5, 0.6) is 5.75 Å². The monoisotopic (exact) mass is 235 g/mol. The van der Waals surface area contributed by atoms with Crippen LogP contribution in [0.25, 0.3) is 0 Å². The third-order valence-corrected chi connectivity index (χ3v) is 3.52. The summed E-state index contributed by atoms with van der Waals surface area (Å²) in [7, 11) is 1.69. The quantitative estimate of drug-likeness (QED) is 0.834. The average Bonchev–Trinajstić information content (AvgIpc) is 2.32. The van der Waals surface area contributed by atoms with Gasteiger partial charge in [-0.3, -0.25) is 0 Å². The topological polar surface area (TPSA) is 41.5 Å². The number of aryl methyl sites for hydroxylation is 1. The molecule has 1 heterocycles. The predicted molar refractivity (Wildman–Crippen MR) is 68.4 cm³/mol. The highest BCUT2D eigenvalue weighted by Gasteiger charge is 2.22.